The summed E-state index contributed by atoms with van der Waals surface area (Å²) in [7, 11) is 0. The van der Waals surface area contributed by atoms with Crippen molar-refractivity contribution in [3.63, 3.8) is 0 Å². The van der Waals surface area contributed by atoms with Gasteiger partial charge in [-0.25, -0.2) is 4.79 Å². The minimum absolute atomic E-state index is 0.344. The maximum Gasteiger partial charge on any atom is 0.414 e. The lowest BCUT2D eigenvalue weighted by Gasteiger charge is -2.24. The molecular weight excluding hydrogens is 146 g/mol. The third-order valence-electron chi connectivity index (χ3n) is 1.45. The average molecular weight is 157 g/mol. The second-order valence-corrected chi connectivity index (χ2v) is 2.15. The van der Waals surface area contributed by atoms with E-state index in [1.165, 1.54) is 0 Å². The quantitative estimate of drug-likeness (QED) is 0.523. The number of hydrogen-bond donors (Lipinski definition) is 0. The molecule has 11 heavy (non-hydrogen) atoms. The predicted molar refractivity (Wildman–Crippen MR) is 39.1 cm³/mol. The van der Waals surface area contributed by atoms with Crippen LogP contribution in [-0.2, 0) is 9.47 Å². The molecule has 1 amide bonds. The zero-order chi connectivity index (χ0) is 8.10. The molecule has 0 aromatic heterocycles. The highest BCUT2D eigenvalue weighted by Crippen LogP contribution is 1.99. The van der Waals surface area contributed by atoms with Gasteiger partial charge in [0.25, 0.3) is 0 Å². The van der Waals surface area contributed by atoms with E-state index in [0.29, 0.717) is 26.3 Å². The first-order valence-corrected chi connectivity index (χ1v) is 3.49. The molecule has 0 bridgehead atoms. The van der Waals surface area contributed by atoms with Crippen molar-refractivity contribution in [1.82, 2.24) is 4.90 Å². The van der Waals surface area contributed by atoms with E-state index in [-0.39, 0.29) is 6.09 Å². The first-order valence-electron chi connectivity index (χ1n) is 3.49. The Hall–Kier alpha value is -1.03. The zero-order valence-electron chi connectivity index (χ0n) is 6.28. The lowest BCUT2D eigenvalue weighted by Crippen LogP contribution is -2.40. The van der Waals surface area contributed by atoms with E-state index in [1.807, 2.05) is 0 Å². The molecule has 62 valence electrons. The number of carbonyl (C=O) groups excluding carboxylic acids is 1. The van der Waals surface area contributed by atoms with E-state index in [2.05, 4.69) is 11.3 Å². The van der Waals surface area contributed by atoms with Crippen LogP contribution in [0, 0.1) is 0 Å². The summed E-state index contributed by atoms with van der Waals surface area (Å²) >= 11 is 0. The van der Waals surface area contributed by atoms with Crippen molar-refractivity contribution in [3.8, 4) is 0 Å². The maximum absolute atomic E-state index is 11.0. The molecular formula is C7H11NO3. The number of amides is 1. The zero-order valence-corrected chi connectivity index (χ0v) is 6.28. The fraction of sp³-hybridized carbons (Fsp3) is 0.571. The summed E-state index contributed by atoms with van der Waals surface area (Å²) in [5.41, 5.74) is 0. The van der Waals surface area contributed by atoms with Gasteiger partial charge in [0.05, 0.1) is 19.5 Å². The van der Waals surface area contributed by atoms with Gasteiger partial charge < -0.3 is 14.4 Å². The summed E-state index contributed by atoms with van der Waals surface area (Å²) in [5.74, 6) is 0. The molecule has 0 aromatic carbocycles. The van der Waals surface area contributed by atoms with E-state index in [1.54, 1.807) is 4.90 Å². The Kier molecular flexibility index (Phi) is 2.92. The monoisotopic (exact) mass is 157 g/mol. The van der Waals surface area contributed by atoms with Crippen molar-refractivity contribution >= 4 is 6.09 Å². The van der Waals surface area contributed by atoms with Crippen molar-refractivity contribution in [2.45, 2.75) is 0 Å². The van der Waals surface area contributed by atoms with Crippen molar-refractivity contribution in [1.29, 1.82) is 0 Å². The van der Waals surface area contributed by atoms with Gasteiger partial charge >= 0.3 is 6.09 Å². The maximum atomic E-state index is 11.0. The van der Waals surface area contributed by atoms with Gasteiger partial charge in [0.2, 0.25) is 0 Å². The molecule has 0 aromatic rings. The van der Waals surface area contributed by atoms with E-state index < -0.39 is 0 Å². The Labute approximate surface area is 65.4 Å². The van der Waals surface area contributed by atoms with Gasteiger partial charge in [0, 0.05) is 13.1 Å². The topological polar surface area (TPSA) is 38.8 Å². The van der Waals surface area contributed by atoms with Gasteiger partial charge in [-0.05, 0) is 0 Å². The molecule has 0 unspecified atom stereocenters. The fourth-order valence-corrected chi connectivity index (χ4v) is 0.892. The molecule has 4 heteroatoms. The SMILES string of the molecule is C=COC(=O)N1CCOCC1. The van der Waals surface area contributed by atoms with Gasteiger partial charge in [-0.15, -0.1) is 0 Å². The highest BCUT2D eigenvalue weighted by atomic mass is 16.5. The minimum Gasteiger partial charge on any atom is -0.419 e. The van der Waals surface area contributed by atoms with Crippen molar-refractivity contribution in [3.05, 3.63) is 12.8 Å². The molecule has 1 rings (SSSR count). The Morgan fingerprint density at radius 1 is 1.55 bits per heavy atom. The molecule has 0 atom stereocenters. The number of nitrogens with zero attached hydrogens (tertiary/aromatic N) is 1. The molecule has 0 saturated carbocycles. The largest absolute Gasteiger partial charge is 0.419 e. The van der Waals surface area contributed by atoms with Crippen LogP contribution in [0.25, 0.3) is 0 Å². The number of morpholine rings is 1. The number of hydrogen-bond acceptors (Lipinski definition) is 3. The average Bonchev–Trinajstić information content (AvgIpc) is 2.07. The summed E-state index contributed by atoms with van der Waals surface area (Å²) in [4.78, 5) is 12.6. The third-order valence-corrected chi connectivity index (χ3v) is 1.45. The molecule has 0 aliphatic carbocycles. The van der Waals surface area contributed by atoms with Crippen molar-refractivity contribution in [2.24, 2.45) is 0 Å². The van der Waals surface area contributed by atoms with Crippen LogP contribution in [-0.4, -0.2) is 37.3 Å². The van der Waals surface area contributed by atoms with Crippen LogP contribution in [0.5, 0.6) is 0 Å². The van der Waals surface area contributed by atoms with Gasteiger partial charge in [-0.1, -0.05) is 6.58 Å². The first kappa shape index (κ1) is 8.07. The van der Waals surface area contributed by atoms with E-state index in [0.717, 1.165) is 6.26 Å². The molecule has 0 radical (unpaired) electrons. The molecule has 1 aliphatic rings. The molecule has 4 nitrogen and oxygen atoms in total. The molecule has 1 fully saturated rings. The van der Waals surface area contributed by atoms with Gasteiger partial charge in [0.1, 0.15) is 0 Å². The van der Waals surface area contributed by atoms with Crippen molar-refractivity contribution < 1.29 is 14.3 Å². The van der Waals surface area contributed by atoms with Gasteiger partial charge in [-0.2, -0.15) is 0 Å². The molecule has 1 saturated heterocycles. The van der Waals surface area contributed by atoms with Crippen molar-refractivity contribution in [2.75, 3.05) is 26.3 Å². The standard InChI is InChI=1S/C7H11NO3/c1-2-11-7(9)8-3-5-10-6-4-8/h2H,1,3-6H2. The Morgan fingerprint density at radius 3 is 2.73 bits per heavy atom. The number of rotatable bonds is 1. The van der Waals surface area contributed by atoms with Crippen LogP contribution in [0.4, 0.5) is 4.79 Å². The highest BCUT2D eigenvalue weighted by molar-refractivity contribution is 5.68. The summed E-state index contributed by atoms with van der Waals surface area (Å²) in [6.45, 7) is 5.68. The summed E-state index contributed by atoms with van der Waals surface area (Å²) < 4.78 is 9.63. The fourth-order valence-electron chi connectivity index (χ4n) is 0.892. The van der Waals surface area contributed by atoms with E-state index in [9.17, 15) is 4.79 Å². The second-order valence-electron chi connectivity index (χ2n) is 2.15. The van der Waals surface area contributed by atoms with Crippen LogP contribution >= 0.6 is 0 Å². The summed E-state index contributed by atoms with van der Waals surface area (Å²) in [6.07, 6.45) is 0.793. The van der Waals surface area contributed by atoms with Crippen LogP contribution in [0.15, 0.2) is 12.8 Å². The number of ether oxygens (including phenoxy) is 2. The normalized spacial score (nSPS) is 17.6. The molecule has 1 heterocycles. The number of carbonyl (C=O) groups is 1. The van der Waals surface area contributed by atoms with E-state index in [4.69, 9.17) is 4.74 Å². The van der Waals surface area contributed by atoms with Gasteiger partial charge in [-0.3, -0.25) is 0 Å². The smallest absolute Gasteiger partial charge is 0.414 e. The Bertz CT molecular complexity index is 152. The Balaban J connectivity index is 2.32. The molecule has 1 aliphatic heterocycles. The Morgan fingerprint density at radius 2 is 2.18 bits per heavy atom. The summed E-state index contributed by atoms with van der Waals surface area (Å²) in [5, 5.41) is 0. The lowest BCUT2D eigenvalue weighted by atomic mass is 10.5. The van der Waals surface area contributed by atoms with Gasteiger partial charge in [0.15, 0.2) is 0 Å². The summed E-state index contributed by atoms with van der Waals surface area (Å²) in [6, 6.07) is 0. The highest BCUT2D eigenvalue weighted by Gasteiger charge is 2.16. The lowest BCUT2D eigenvalue weighted by molar-refractivity contribution is 0.0374. The second kappa shape index (κ2) is 3.98. The van der Waals surface area contributed by atoms with Crippen LogP contribution in [0.1, 0.15) is 0 Å². The third kappa shape index (κ3) is 2.23. The van der Waals surface area contributed by atoms with Crippen LogP contribution in [0.3, 0.4) is 0 Å². The van der Waals surface area contributed by atoms with Crippen LogP contribution in [0.2, 0.25) is 0 Å². The molecule has 0 N–H and O–H groups in total. The van der Waals surface area contributed by atoms with Crippen LogP contribution < -0.4 is 0 Å². The first-order chi connectivity index (χ1) is 5.34. The molecule has 0 spiro atoms. The predicted octanol–water partition coefficient (Wildman–Crippen LogP) is 0.599. The van der Waals surface area contributed by atoms with E-state index >= 15 is 0 Å². The minimum atomic E-state index is -0.344.